The second kappa shape index (κ2) is 6.00. The predicted octanol–water partition coefficient (Wildman–Crippen LogP) is 3.40. The molecule has 14 heavy (non-hydrogen) atoms. The molecule has 0 radical (unpaired) electrons. The summed E-state index contributed by atoms with van der Waals surface area (Å²) in [5.41, 5.74) is 0. The molecule has 1 atom stereocenters. The molecule has 0 aromatic rings. The number of ether oxygens (including phenoxy) is 2. The van der Waals surface area contributed by atoms with Gasteiger partial charge in [-0.25, -0.2) is 4.79 Å². The molecule has 1 fully saturated rings. The lowest BCUT2D eigenvalue weighted by Gasteiger charge is -2.10. The molecule has 0 spiro atoms. The van der Waals surface area contributed by atoms with Crippen molar-refractivity contribution in [2.24, 2.45) is 0 Å². The fourth-order valence-corrected chi connectivity index (χ4v) is 1.30. The number of rotatable bonds is 3. The smallest absolute Gasteiger partial charge is 0.430 e. The van der Waals surface area contributed by atoms with E-state index < -0.39 is 29.2 Å². The van der Waals surface area contributed by atoms with Gasteiger partial charge in [-0.3, -0.25) is 0 Å². The first-order valence-electron chi connectivity index (χ1n) is 4.20. The molecule has 0 bridgehead atoms. The van der Waals surface area contributed by atoms with Crippen molar-refractivity contribution in [3.63, 3.8) is 0 Å². The number of hydrogen-bond acceptors (Lipinski definition) is 3. The number of hydrogen-bond donors (Lipinski definition) is 0. The van der Waals surface area contributed by atoms with Crippen LogP contribution in [0.4, 0.5) is 16.5 Å². The first-order valence-corrected chi connectivity index (χ1v) is 5.71. The van der Waals surface area contributed by atoms with Gasteiger partial charge in [0.05, 0.1) is 5.75 Å². The Morgan fingerprint density at radius 1 is 1.43 bits per heavy atom. The highest BCUT2D eigenvalue weighted by Gasteiger charge is 2.29. The van der Waals surface area contributed by atoms with Crippen LogP contribution in [-0.4, -0.2) is 24.6 Å². The summed E-state index contributed by atoms with van der Waals surface area (Å²) in [7, 11) is 0. The molecule has 3 nitrogen and oxygen atoms in total. The van der Waals surface area contributed by atoms with E-state index in [2.05, 4.69) is 9.47 Å². The number of cyclic esters (lactones) is 2. The SMILES string of the molecule is CC.O=C1OCC(CCS(F)(F)F)O1. The molecule has 0 saturated carbocycles. The third kappa shape index (κ3) is 5.95. The summed E-state index contributed by atoms with van der Waals surface area (Å²) in [5, 5.41) is 0. The predicted molar refractivity (Wildman–Crippen MR) is 48.0 cm³/mol. The maximum Gasteiger partial charge on any atom is 0.508 e. The van der Waals surface area contributed by atoms with Crippen molar-refractivity contribution in [1.29, 1.82) is 0 Å². The largest absolute Gasteiger partial charge is 0.508 e. The van der Waals surface area contributed by atoms with Gasteiger partial charge in [-0.1, -0.05) is 13.8 Å². The zero-order valence-corrected chi connectivity index (χ0v) is 8.78. The normalized spacial score (nSPS) is 21.8. The van der Waals surface area contributed by atoms with E-state index in [0.29, 0.717) is 0 Å². The summed E-state index contributed by atoms with van der Waals surface area (Å²) in [6, 6.07) is 0. The minimum atomic E-state index is -4.98. The van der Waals surface area contributed by atoms with Gasteiger partial charge in [-0.2, -0.15) is 0 Å². The minimum absolute atomic E-state index is 0.0612. The molecule has 0 N–H and O–H groups in total. The maximum atomic E-state index is 11.7. The van der Waals surface area contributed by atoms with Crippen molar-refractivity contribution < 1.29 is 25.9 Å². The zero-order chi connectivity index (χ0) is 11.2. The Morgan fingerprint density at radius 2 is 2.00 bits per heavy atom. The highest BCUT2D eigenvalue weighted by atomic mass is 32.3. The van der Waals surface area contributed by atoms with Crippen molar-refractivity contribution in [2.45, 2.75) is 26.4 Å². The van der Waals surface area contributed by atoms with Gasteiger partial charge in [0.25, 0.3) is 0 Å². The van der Waals surface area contributed by atoms with Crippen LogP contribution in [0.2, 0.25) is 0 Å². The third-order valence-corrected chi connectivity index (χ3v) is 2.02. The Kier molecular flexibility index (Phi) is 5.75. The van der Waals surface area contributed by atoms with Crippen molar-refractivity contribution in [1.82, 2.24) is 0 Å². The van der Waals surface area contributed by atoms with E-state index in [1.165, 1.54) is 0 Å². The van der Waals surface area contributed by atoms with Gasteiger partial charge in [-0.05, 0) is 0 Å². The van der Waals surface area contributed by atoms with E-state index in [1.807, 2.05) is 13.8 Å². The molecular formula is C7H13F3O3S. The van der Waals surface area contributed by atoms with Crippen molar-refractivity contribution in [3.8, 4) is 0 Å². The van der Waals surface area contributed by atoms with Gasteiger partial charge in [0.1, 0.15) is 12.7 Å². The fraction of sp³-hybridized carbons (Fsp3) is 0.857. The molecule has 7 heteroatoms. The average molecular weight is 234 g/mol. The summed E-state index contributed by atoms with van der Waals surface area (Å²) >= 11 is -4.98. The second-order valence-electron chi connectivity index (χ2n) is 2.30. The van der Waals surface area contributed by atoms with Crippen LogP contribution in [-0.2, 0) is 9.47 Å². The fourth-order valence-electron chi connectivity index (χ4n) is 0.772. The molecule has 86 valence electrons. The monoisotopic (exact) mass is 234 g/mol. The zero-order valence-electron chi connectivity index (χ0n) is 7.97. The molecule has 0 aromatic heterocycles. The maximum absolute atomic E-state index is 11.7. The minimum Gasteiger partial charge on any atom is -0.430 e. The van der Waals surface area contributed by atoms with Crippen molar-refractivity contribution in [3.05, 3.63) is 0 Å². The molecule has 1 saturated heterocycles. The van der Waals surface area contributed by atoms with Gasteiger partial charge >= 0.3 is 6.16 Å². The van der Waals surface area contributed by atoms with Gasteiger partial charge in [-0.15, -0.1) is 11.7 Å². The highest BCUT2D eigenvalue weighted by molar-refractivity contribution is 8.20. The van der Waals surface area contributed by atoms with Gasteiger partial charge in [0.2, 0.25) is 11.2 Å². The highest BCUT2D eigenvalue weighted by Crippen LogP contribution is 2.53. The second-order valence-corrected chi connectivity index (χ2v) is 3.71. The summed E-state index contributed by atoms with van der Waals surface area (Å²) in [4.78, 5) is 10.3. The van der Waals surface area contributed by atoms with Crippen LogP contribution in [0.3, 0.4) is 0 Å². The van der Waals surface area contributed by atoms with Crippen LogP contribution >= 0.6 is 11.2 Å². The Bertz CT molecular complexity index is 184. The van der Waals surface area contributed by atoms with E-state index in [-0.39, 0.29) is 13.0 Å². The quantitative estimate of drug-likeness (QED) is 0.702. The molecule has 1 unspecified atom stereocenters. The third-order valence-electron chi connectivity index (χ3n) is 1.32. The lowest BCUT2D eigenvalue weighted by molar-refractivity contribution is 0.117. The molecule has 0 aliphatic carbocycles. The molecule has 1 aliphatic heterocycles. The Labute approximate surface area is 82.8 Å². The van der Waals surface area contributed by atoms with Gasteiger partial charge in [0, 0.05) is 6.42 Å². The average Bonchev–Trinajstić information content (AvgIpc) is 2.50. The van der Waals surface area contributed by atoms with Crippen LogP contribution in [0.5, 0.6) is 0 Å². The molecule has 1 heterocycles. The molecule has 1 aliphatic rings. The van der Waals surface area contributed by atoms with E-state index >= 15 is 0 Å². The molecule has 0 amide bonds. The van der Waals surface area contributed by atoms with Crippen LogP contribution in [0.15, 0.2) is 0 Å². The Morgan fingerprint density at radius 3 is 2.36 bits per heavy atom. The number of halogens is 3. The Hall–Kier alpha value is -0.590. The molecule has 0 aromatic carbocycles. The van der Waals surface area contributed by atoms with E-state index in [4.69, 9.17) is 0 Å². The molecule has 1 rings (SSSR count). The van der Waals surface area contributed by atoms with Crippen molar-refractivity contribution >= 4 is 17.3 Å². The topological polar surface area (TPSA) is 35.5 Å². The van der Waals surface area contributed by atoms with E-state index in [1.54, 1.807) is 0 Å². The Balaban J connectivity index is 0.000000791. The van der Waals surface area contributed by atoms with Crippen molar-refractivity contribution in [2.75, 3.05) is 12.4 Å². The molecular weight excluding hydrogens is 221 g/mol. The van der Waals surface area contributed by atoms with E-state index in [9.17, 15) is 16.5 Å². The summed E-state index contributed by atoms with van der Waals surface area (Å²) in [5.74, 6) is -0.867. The summed E-state index contributed by atoms with van der Waals surface area (Å²) in [6.07, 6.45) is -1.78. The van der Waals surface area contributed by atoms with Crippen LogP contribution in [0.1, 0.15) is 20.3 Å². The lowest BCUT2D eigenvalue weighted by Crippen LogP contribution is -2.11. The van der Waals surface area contributed by atoms with Crippen LogP contribution < -0.4 is 0 Å². The number of carbonyl (C=O) groups is 1. The first-order chi connectivity index (χ1) is 6.47. The number of carbonyl (C=O) groups excluding carboxylic acids is 1. The van der Waals surface area contributed by atoms with Gasteiger partial charge < -0.3 is 9.47 Å². The van der Waals surface area contributed by atoms with Gasteiger partial charge in [0.15, 0.2) is 0 Å². The summed E-state index contributed by atoms with van der Waals surface area (Å²) < 4.78 is 43.8. The summed E-state index contributed by atoms with van der Waals surface area (Å²) in [6.45, 7) is 3.94. The lowest BCUT2D eigenvalue weighted by atomic mass is 10.3. The first kappa shape index (κ1) is 13.4. The van der Waals surface area contributed by atoms with Crippen LogP contribution in [0.25, 0.3) is 0 Å². The standard InChI is InChI=1S/C5H7F3O3S.C2H6/c6-12(7,8)2-1-4-3-10-5(9)11-4;1-2/h4H,1-3H2;1-2H3. The van der Waals surface area contributed by atoms with E-state index in [0.717, 1.165) is 0 Å². The van der Waals surface area contributed by atoms with Crippen LogP contribution in [0, 0.1) is 0 Å².